The number of benzene rings is 1. The molecule has 0 aliphatic rings. The number of carbonyl (C=O) groups excluding carboxylic acids is 1. The Hall–Kier alpha value is -1.30. The van der Waals surface area contributed by atoms with Crippen LogP contribution < -0.4 is 4.43 Å². The Balaban J connectivity index is 3.31. The lowest BCUT2D eigenvalue weighted by Gasteiger charge is -2.37. The molecular formula is C14H19F3O2Si. The molecule has 0 radical (unpaired) electrons. The summed E-state index contributed by atoms with van der Waals surface area (Å²) in [7, 11) is -2.30. The zero-order valence-electron chi connectivity index (χ0n) is 12.3. The first kappa shape index (κ1) is 16.8. The standard InChI is InChI=1S/C14H19F3O2Si/c1-13(2,3)20(4,5)19-12-8-6-7-11(10(12)9-18)14(15,16)17/h6-9H,1-5H3. The van der Waals surface area contributed by atoms with E-state index in [1.807, 2.05) is 33.9 Å². The third kappa shape index (κ3) is 3.42. The molecule has 0 saturated heterocycles. The summed E-state index contributed by atoms with van der Waals surface area (Å²) in [6.07, 6.45) is -4.35. The van der Waals surface area contributed by atoms with Crippen LogP contribution in [0.15, 0.2) is 18.2 Å². The van der Waals surface area contributed by atoms with E-state index in [-0.39, 0.29) is 17.1 Å². The summed E-state index contributed by atoms with van der Waals surface area (Å²) in [6, 6.07) is 3.57. The number of carbonyl (C=O) groups is 1. The monoisotopic (exact) mass is 304 g/mol. The van der Waals surface area contributed by atoms with E-state index in [0.717, 1.165) is 6.07 Å². The van der Waals surface area contributed by atoms with Crippen molar-refractivity contribution in [1.82, 2.24) is 0 Å². The fraction of sp³-hybridized carbons (Fsp3) is 0.500. The van der Waals surface area contributed by atoms with Gasteiger partial charge in [-0.1, -0.05) is 26.8 Å². The number of halogens is 3. The van der Waals surface area contributed by atoms with Gasteiger partial charge < -0.3 is 4.43 Å². The summed E-state index contributed by atoms with van der Waals surface area (Å²) in [6.45, 7) is 9.78. The highest BCUT2D eigenvalue weighted by atomic mass is 28.4. The third-order valence-corrected chi connectivity index (χ3v) is 8.00. The lowest BCUT2D eigenvalue weighted by molar-refractivity contribution is -0.137. The highest BCUT2D eigenvalue weighted by molar-refractivity contribution is 6.74. The summed E-state index contributed by atoms with van der Waals surface area (Å²) in [5, 5.41) is -0.165. The summed E-state index contributed by atoms with van der Waals surface area (Å²) < 4.78 is 44.5. The molecule has 0 heterocycles. The third-order valence-electron chi connectivity index (χ3n) is 3.66. The zero-order valence-corrected chi connectivity index (χ0v) is 13.3. The second-order valence-electron chi connectivity index (χ2n) is 6.20. The van der Waals surface area contributed by atoms with Crippen molar-refractivity contribution in [2.24, 2.45) is 0 Å². The first-order valence-electron chi connectivity index (χ1n) is 6.24. The zero-order chi connectivity index (χ0) is 15.8. The molecule has 0 N–H and O–H groups in total. The molecule has 0 unspecified atom stereocenters. The second kappa shape index (κ2) is 5.24. The van der Waals surface area contributed by atoms with Gasteiger partial charge in [-0.05, 0) is 30.3 Å². The molecule has 0 saturated carbocycles. The minimum absolute atomic E-state index is 0.0152. The van der Waals surface area contributed by atoms with Gasteiger partial charge in [-0.25, -0.2) is 0 Å². The van der Waals surface area contributed by atoms with Gasteiger partial charge in [0, 0.05) is 0 Å². The molecule has 2 nitrogen and oxygen atoms in total. The smallest absolute Gasteiger partial charge is 0.417 e. The van der Waals surface area contributed by atoms with Crippen molar-refractivity contribution < 1.29 is 22.4 Å². The summed E-state index contributed by atoms with van der Waals surface area (Å²) in [5.74, 6) is 0.0152. The van der Waals surface area contributed by atoms with Gasteiger partial charge in [-0.15, -0.1) is 0 Å². The fourth-order valence-corrected chi connectivity index (χ4v) is 2.46. The van der Waals surface area contributed by atoms with Crippen LogP contribution in [-0.4, -0.2) is 14.6 Å². The Morgan fingerprint density at radius 2 is 1.70 bits per heavy atom. The number of aldehydes is 1. The minimum atomic E-state index is -4.57. The van der Waals surface area contributed by atoms with Gasteiger partial charge in [0.25, 0.3) is 8.32 Å². The van der Waals surface area contributed by atoms with Gasteiger partial charge in [-0.3, -0.25) is 4.79 Å². The Bertz CT molecular complexity index is 502. The summed E-state index contributed by atoms with van der Waals surface area (Å²) >= 11 is 0. The quantitative estimate of drug-likeness (QED) is 0.586. The average Bonchev–Trinajstić information content (AvgIpc) is 2.25. The van der Waals surface area contributed by atoms with Crippen LogP contribution in [0.4, 0.5) is 13.2 Å². The van der Waals surface area contributed by atoms with Gasteiger partial charge in [0.2, 0.25) is 0 Å². The van der Waals surface area contributed by atoms with Crippen molar-refractivity contribution in [3.05, 3.63) is 29.3 Å². The van der Waals surface area contributed by atoms with Gasteiger partial charge in [0.05, 0.1) is 11.1 Å². The molecule has 1 aromatic carbocycles. The molecule has 1 aromatic rings. The van der Waals surface area contributed by atoms with Crippen molar-refractivity contribution in [2.45, 2.75) is 45.1 Å². The lowest BCUT2D eigenvalue weighted by atomic mass is 10.1. The van der Waals surface area contributed by atoms with E-state index in [4.69, 9.17) is 4.43 Å². The lowest BCUT2D eigenvalue weighted by Crippen LogP contribution is -2.44. The molecule has 0 spiro atoms. The van der Waals surface area contributed by atoms with Crippen LogP contribution in [0.25, 0.3) is 0 Å². The maximum Gasteiger partial charge on any atom is 0.417 e. The molecule has 0 amide bonds. The predicted molar refractivity (Wildman–Crippen MR) is 74.7 cm³/mol. The molecule has 0 bridgehead atoms. The van der Waals surface area contributed by atoms with Crippen molar-refractivity contribution in [2.75, 3.05) is 0 Å². The topological polar surface area (TPSA) is 26.3 Å². The minimum Gasteiger partial charge on any atom is -0.543 e. The molecule has 6 heteroatoms. The van der Waals surface area contributed by atoms with Crippen LogP contribution in [0.1, 0.15) is 36.7 Å². The van der Waals surface area contributed by atoms with Crippen LogP contribution in [0, 0.1) is 0 Å². The number of alkyl halides is 3. The maximum absolute atomic E-state index is 12.9. The molecule has 0 atom stereocenters. The van der Waals surface area contributed by atoms with Crippen LogP contribution in [0.2, 0.25) is 18.1 Å². The van der Waals surface area contributed by atoms with E-state index in [2.05, 4.69) is 0 Å². The number of hydrogen-bond donors (Lipinski definition) is 0. The largest absolute Gasteiger partial charge is 0.543 e. The van der Waals surface area contributed by atoms with Gasteiger partial charge in [0.15, 0.2) is 6.29 Å². The predicted octanol–water partition coefficient (Wildman–Crippen LogP) is 4.90. The van der Waals surface area contributed by atoms with E-state index in [1.54, 1.807) is 0 Å². The van der Waals surface area contributed by atoms with E-state index < -0.39 is 25.6 Å². The summed E-state index contributed by atoms with van der Waals surface area (Å²) in [4.78, 5) is 11.1. The van der Waals surface area contributed by atoms with E-state index in [0.29, 0.717) is 0 Å². The highest BCUT2D eigenvalue weighted by Gasteiger charge is 2.41. The van der Waals surface area contributed by atoms with Crippen molar-refractivity contribution in [1.29, 1.82) is 0 Å². The van der Waals surface area contributed by atoms with Gasteiger partial charge >= 0.3 is 6.18 Å². The Morgan fingerprint density at radius 1 is 1.15 bits per heavy atom. The maximum atomic E-state index is 12.9. The van der Waals surface area contributed by atoms with Crippen LogP contribution in [0.3, 0.4) is 0 Å². The molecule has 112 valence electrons. The van der Waals surface area contributed by atoms with Crippen LogP contribution >= 0.6 is 0 Å². The van der Waals surface area contributed by atoms with E-state index >= 15 is 0 Å². The van der Waals surface area contributed by atoms with Crippen molar-refractivity contribution in [3.8, 4) is 5.75 Å². The fourth-order valence-electron chi connectivity index (χ4n) is 1.43. The Kier molecular flexibility index (Phi) is 4.39. The first-order valence-corrected chi connectivity index (χ1v) is 9.15. The van der Waals surface area contributed by atoms with Crippen LogP contribution in [-0.2, 0) is 6.18 Å². The molecule has 0 aliphatic carbocycles. The molecule has 0 fully saturated rings. The SMILES string of the molecule is CC(C)(C)[Si](C)(C)Oc1cccc(C(F)(F)F)c1C=O. The van der Waals surface area contributed by atoms with Gasteiger partial charge in [0.1, 0.15) is 5.75 Å². The van der Waals surface area contributed by atoms with Gasteiger partial charge in [-0.2, -0.15) is 13.2 Å². The van der Waals surface area contributed by atoms with Crippen molar-refractivity contribution in [3.63, 3.8) is 0 Å². The molecule has 0 aromatic heterocycles. The Morgan fingerprint density at radius 3 is 2.10 bits per heavy atom. The molecule has 20 heavy (non-hydrogen) atoms. The molecule has 0 aliphatic heterocycles. The highest BCUT2D eigenvalue weighted by Crippen LogP contribution is 2.40. The number of hydrogen-bond acceptors (Lipinski definition) is 2. The first-order chi connectivity index (χ1) is 8.90. The average molecular weight is 304 g/mol. The molecule has 1 rings (SSSR count). The number of rotatable bonds is 3. The van der Waals surface area contributed by atoms with Crippen molar-refractivity contribution >= 4 is 14.6 Å². The molecular weight excluding hydrogens is 285 g/mol. The van der Waals surface area contributed by atoms with E-state index in [1.165, 1.54) is 12.1 Å². The second-order valence-corrected chi connectivity index (χ2v) is 10.9. The van der Waals surface area contributed by atoms with E-state index in [9.17, 15) is 18.0 Å². The van der Waals surface area contributed by atoms with Crippen LogP contribution in [0.5, 0.6) is 5.75 Å². The normalized spacial score (nSPS) is 13.2. The summed E-state index contributed by atoms with van der Waals surface area (Å²) in [5.41, 5.74) is -1.38. The Labute approximate surface area is 118 Å².